The normalized spacial score (nSPS) is 10.5. The second-order valence-corrected chi connectivity index (χ2v) is 6.86. The molecule has 0 heterocycles. The van der Waals surface area contributed by atoms with Crippen LogP contribution >= 0.6 is 0 Å². The molecule has 0 saturated carbocycles. The summed E-state index contributed by atoms with van der Waals surface area (Å²) in [5.41, 5.74) is 9.40. The summed E-state index contributed by atoms with van der Waals surface area (Å²) in [5, 5.41) is 0. The molecule has 26 heavy (non-hydrogen) atoms. The fourth-order valence-corrected chi connectivity index (χ4v) is 2.73. The van der Waals surface area contributed by atoms with Crippen molar-refractivity contribution in [2.45, 2.75) is 40.5 Å². The van der Waals surface area contributed by atoms with Gasteiger partial charge in [0.1, 0.15) is 5.75 Å². The second kappa shape index (κ2) is 8.52. The van der Waals surface area contributed by atoms with Gasteiger partial charge in [0.05, 0.1) is 0 Å². The molecule has 2 rings (SSSR count). The molecule has 0 atom stereocenters. The molecule has 2 aromatic rings. The van der Waals surface area contributed by atoms with Crippen molar-refractivity contribution in [2.75, 3.05) is 6.61 Å². The number of hydrogen-bond acceptors (Lipinski definition) is 3. The summed E-state index contributed by atoms with van der Waals surface area (Å²) >= 11 is 0. The van der Waals surface area contributed by atoms with Gasteiger partial charge in [0.2, 0.25) is 0 Å². The maximum Gasteiger partial charge on any atom is 0.276 e. The number of ether oxygens (including phenoxy) is 1. The largest absolute Gasteiger partial charge is 0.483 e. The van der Waals surface area contributed by atoms with Gasteiger partial charge in [-0.1, -0.05) is 43.2 Å². The van der Waals surface area contributed by atoms with Crippen LogP contribution in [0.25, 0.3) is 0 Å². The highest BCUT2D eigenvalue weighted by molar-refractivity contribution is 5.95. The number of rotatable bonds is 5. The average molecular weight is 354 g/mol. The van der Waals surface area contributed by atoms with E-state index < -0.39 is 5.91 Å². The monoisotopic (exact) mass is 354 g/mol. The van der Waals surface area contributed by atoms with Gasteiger partial charge in [-0.05, 0) is 56.0 Å². The summed E-state index contributed by atoms with van der Waals surface area (Å²) in [6.07, 6.45) is 0. The molecule has 0 aliphatic rings. The van der Waals surface area contributed by atoms with Crippen molar-refractivity contribution in [3.8, 4) is 5.75 Å². The number of carbonyl (C=O) groups excluding carboxylic acids is 2. The van der Waals surface area contributed by atoms with Gasteiger partial charge in [0.15, 0.2) is 6.61 Å². The SMILES string of the molecule is Cc1cc(C)cc(C(=O)NNC(=O)COc2cc(C)ccc2C(C)C)c1. The van der Waals surface area contributed by atoms with Crippen molar-refractivity contribution < 1.29 is 14.3 Å². The Hall–Kier alpha value is -2.82. The van der Waals surface area contributed by atoms with Crippen molar-refractivity contribution in [3.05, 3.63) is 64.2 Å². The van der Waals surface area contributed by atoms with E-state index in [1.54, 1.807) is 12.1 Å². The molecule has 0 aliphatic carbocycles. The zero-order valence-electron chi connectivity index (χ0n) is 16.0. The Balaban J connectivity index is 1.91. The molecule has 0 aromatic heterocycles. The number of hydrazine groups is 1. The molecule has 0 aliphatic heterocycles. The van der Waals surface area contributed by atoms with Crippen LogP contribution in [0.4, 0.5) is 0 Å². The lowest BCUT2D eigenvalue weighted by Gasteiger charge is -2.15. The minimum atomic E-state index is -0.418. The Bertz CT molecular complexity index is 793. The topological polar surface area (TPSA) is 67.4 Å². The third kappa shape index (κ3) is 5.34. The maximum absolute atomic E-state index is 12.1. The third-order valence-corrected chi connectivity index (χ3v) is 3.95. The summed E-state index contributed by atoms with van der Waals surface area (Å²) in [6.45, 7) is 9.79. The molecule has 5 nitrogen and oxygen atoms in total. The van der Waals surface area contributed by atoms with Crippen molar-refractivity contribution in [1.82, 2.24) is 10.9 Å². The van der Waals surface area contributed by atoms with Gasteiger partial charge < -0.3 is 4.74 Å². The minimum Gasteiger partial charge on any atom is -0.483 e. The molecule has 2 N–H and O–H groups in total. The smallest absolute Gasteiger partial charge is 0.276 e. The van der Waals surface area contributed by atoms with Crippen LogP contribution in [0.1, 0.15) is 52.4 Å². The molecule has 5 heteroatoms. The highest BCUT2D eigenvalue weighted by atomic mass is 16.5. The second-order valence-electron chi connectivity index (χ2n) is 6.86. The number of benzene rings is 2. The minimum absolute atomic E-state index is 0.170. The Morgan fingerprint density at radius 3 is 2.19 bits per heavy atom. The first-order valence-electron chi connectivity index (χ1n) is 8.67. The first-order valence-corrected chi connectivity index (χ1v) is 8.67. The number of nitrogens with one attached hydrogen (secondary N) is 2. The van der Waals surface area contributed by atoms with Gasteiger partial charge in [0.25, 0.3) is 11.8 Å². The highest BCUT2D eigenvalue weighted by Crippen LogP contribution is 2.27. The van der Waals surface area contributed by atoms with Gasteiger partial charge in [0, 0.05) is 5.56 Å². The predicted molar refractivity (Wildman–Crippen MR) is 102 cm³/mol. The van der Waals surface area contributed by atoms with Crippen molar-refractivity contribution in [2.24, 2.45) is 0 Å². The van der Waals surface area contributed by atoms with E-state index in [-0.39, 0.29) is 18.4 Å². The average Bonchev–Trinajstić information content (AvgIpc) is 2.56. The molecular weight excluding hydrogens is 328 g/mol. The van der Waals surface area contributed by atoms with Crippen molar-refractivity contribution in [1.29, 1.82) is 0 Å². The molecule has 138 valence electrons. The summed E-state index contributed by atoms with van der Waals surface area (Å²) < 4.78 is 5.65. The van der Waals surface area contributed by atoms with Crippen molar-refractivity contribution in [3.63, 3.8) is 0 Å². The highest BCUT2D eigenvalue weighted by Gasteiger charge is 2.12. The van der Waals surface area contributed by atoms with Crippen LogP contribution in [0.2, 0.25) is 0 Å². The fraction of sp³-hybridized carbons (Fsp3) is 0.333. The summed E-state index contributed by atoms with van der Waals surface area (Å²) in [6, 6.07) is 11.5. The molecule has 0 radical (unpaired) electrons. The molecule has 0 saturated heterocycles. The zero-order chi connectivity index (χ0) is 19.3. The Kier molecular flexibility index (Phi) is 6.39. The molecular formula is C21H26N2O3. The number of carbonyl (C=O) groups is 2. The van der Waals surface area contributed by atoms with E-state index in [0.29, 0.717) is 11.3 Å². The van der Waals surface area contributed by atoms with Crippen LogP contribution in [-0.2, 0) is 4.79 Å². The number of aryl methyl sites for hydroxylation is 3. The van der Waals surface area contributed by atoms with E-state index in [9.17, 15) is 9.59 Å². The van der Waals surface area contributed by atoms with E-state index in [0.717, 1.165) is 22.3 Å². The van der Waals surface area contributed by atoms with Gasteiger partial charge >= 0.3 is 0 Å². The van der Waals surface area contributed by atoms with Crippen LogP contribution < -0.4 is 15.6 Å². The first kappa shape index (κ1) is 19.5. The standard InChI is InChI=1S/C21H26N2O3/c1-13(2)18-7-6-14(3)11-19(18)26-12-20(24)22-23-21(25)17-9-15(4)8-16(5)10-17/h6-11,13H,12H2,1-5H3,(H,22,24)(H,23,25). The first-order chi connectivity index (χ1) is 12.3. The van der Waals surface area contributed by atoms with E-state index >= 15 is 0 Å². The summed E-state index contributed by atoms with van der Waals surface area (Å²) in [5.74, 6) is 0.205. The van der Waals surface area contributed by atoms with Crippen LogP contribution in [-0.4, -0.2) is 18.4 Å². The molecule has 0 spiro atoms. The maximum atomic E-state index is 12.1. The van der Waals surface area contributed by atoms with Crippen LogP contribution in [0.15, 0.2) is 36.4 Å². The quantitative estimate of drug-likeness (QED) is 0.807. The molecule has 0 bridgehead atoms. The Morgan fingerprint density at radius 1 is 0.923 bits per heavy atom. The number of amides is 2. The van der Waals surface area contributed by atoms with Crippen LogP contribution in [0.5, 0.6) is 5.75 Å². The number of hydrogen-bond donors (Lipinski definition) is 2. The van der Waals surface area contributed by atoms with E-state index in [4.69, 9.17) is 4.74 Å². The lowest BCUT2D eigenvalue weighted by molar-refractivity contribution is -0.123. The van der Waals surface area contributed by atoms with Crippen LogP contribution in [0.3, 0.4) is 0 Å². The van der Waals surface area contributed by atoms with E-state index in [1.165, 1.54) is 0 Å². The van der Waals surface area contributed by atoms with E-state index in [1.807, 2.05) is 45.0 Å². The third-order valence-electron chi connectivity index (χ3n) is 3.95. The Morgan fingerprint density at radius 2 is 1.58 bits per heavy atom. The van der Waals surface area contributed by atoms with Gasteiger partial charge in [-0.15, -0.1) is 0 Å². The zero-order valence-corrected chi connectivity index (χ0v) is 16.0. The van der Waals surface area contributed by atoms with Crippen LogP contribution in [0, 0.1) is 20.8 Å². The predicted octanol–water partition coefficient (Wildman–Crippen LogP) is 3.58. The van der Waals surface area contributed by atoms with Gasteiger partial charge in [-0.25, -0.2) is 0 Å². The molecule has 2 aromatic carbocycles. The molecule has 0 unspecified atom stereocenters. The Labute approximate surface area is 154 Å². The van der Waals surface area contributed by atoms with E-state index in [2.05, 4.69) is 24.7 Å². The van der Waals surface area contributed by atoms with Gasteiger partial charge in [-0.3, -0.25) is 20.4 Å². The van der Waals surface area contributed by atoms with Gasteiger partial charge in [-0.2, -0.15) is 0 Å². The molecule has 0 fully saturated rings. The molecule has 2 amide bonds. The lowest BCUT2D eigenvalue weighted by atomic mass is 10.0. The summed E-state index contributed by atoms with van der Waals surface area (Å²) in [7, 11) is 0. The van der Waals surface area contributed by atoms with Crippen molar-refractivity contribution >= 4 is 11.8 Å². The summed E-state index contributed by atoms with van der Waals surface area (Å²) in [4.78, 5) is 24.2. The lowest BCUT2D eigenvalue weighted by Crippen LogP contribution is -2.43. The fourth-order valence-electron chi connectivity index (χ4n) is 2.73.